The van der Waals surface area contributed by atoms with Gasteiger partial charge in [-0.1, -0.05) is 48.5 Å². The second-order valence-electron chi connectivity index (χ2n) is 7.88. The zero-order chi connectivity index (χ0) is 24.8. The van der Waals surface area contributed by atoms with Gasteiger partial charge in [0.15, 0.2) is 0 Å². The van der Waals surface area contributed by atoms with Gasteiger partial charge in [0.25, 0.3) is 5.91 Å². The topological polar surface area (TPSA) is 114 Å². The third kappa shape index (κ3) is 6.17. The molecular formula is C26H23IN2O6. The third-order valence-corrected chi connectivity index (χ3v) is 6.13. The molecule has 0 heterocycles. The minimum Gasteiger partial charge on any atom is -0.480 e. The number of hydrogen-bond donors (Lipinski definition) is 3. The van der Waals surface area contributed by atoms with Crippen molar-refractivity contribution in [1.82, 2.24) is 5.32 Å². The van der Waals surface area contributed by atoms with Crippen LogP contribution in [0.1, 0.15) is 27.4 Å². The molecule has 180 valence electrons. The van der Waals surface area contributed by atoms with Gasteiger partial charge in [0, 0.05) is 27.3 Å². The summed E-state index contributed by atoms with van der Waals surface area (Å²) in [7, 11) is 0. The maximum Gasteiger partial charge on any atom is 0.411 e. The molecule has 3 aromatic carbocycles. The van der Waals surface area contributed by atoms with Crippen molar-refractivity contribution in [3.63, 3.8) is 0 Å². The van der Waals surface area contributed by atoms with Crippen LogP contribution in [0.3, 0.4) is 0 Å². The molecule has 0 atom stereocenters. The van der Waals surface area contributed by atoms with E-state index in [4.69, 9.17) is 14.6 Å². The molecule has 0 aromatic heterocycles. The normalized spacial score (nSPS) is 11.9. The lowest BCUT2D eigenvalue weighted by Crippen LogP contribution is -2.28. The van der Waals surface area contributed by atoms with Crippen molar-refractivity contribution < 1.29 is 29.0 Å². The largest absolute Gasteiger partial charge is 0.480 e. The summed E-state index contributed by atoms with van der Waals surface area (Å²) in [6.07, 6.45) is -0.609. The van der Waals surface area contributed by atoms with E-state index in [0.717, 1.165) is 25.8 Å². The maximum absolute atomic E-state index is 12.6. The molecule has 1 aliphatic rings. The van der Waals surface area contributed by atoms with Crippen LogP contribution in [0.25, 0.3) is 11.1 Å². The molecule has 0 unspecified atom stereocenters. The minimum absolute atomic E-state index is 0.0475. The van der Waals surface area contributed by atoms with Gasteiger partial charge in [0.05, 0.1) is 6.61 Å². The fraction of sp³-hybridized carbons (Fsp3) is 0.192. The number of carboxylic acids is 1. The Morgan fingerprint density at radius 3 is 2.26 bits per heavy atom. The third-order valence-electron chi connectivity index (χ3n) is 5.51. The average molecular weight is 586 g/mol. The standard InChI is InChI=1S/C26H23IN2O6/c27-17-11-16(25(32)28-9-10-34-15-24(30)31)12-18(13-17)29-26(33)35-14-23-21-7-3-1-5-19(21)20-6-2-4-8-22(20)23/h1-8,11-13,23H,9-10,14-15H2,(H,28,32)(H,29,33)(H,30,31). The van der Waals surface area contributed by atoms with E-state index in [-0.39, 0.29) is 31.6 Å². The van der Waals surface area contributed by atoms with E-state index in [1.54, 1.807) is 18.2 Å². The molecular weight excluding hydrogens is 563 g/mol. The highest BCUT2D eigenvalue weighted by atomic mass is 127. The molecule has 35 heavy (non-hydrogen) atoms. The van der Waals surface area contributed by atoms with E-state index >= 15 is 0 Å². The van der Waals surface area contributed by atoms with Crippen molar-refractivity contribution in [1.29, 1.82) is 0 Å². The van der Waals surface area contributed by atoms with Crippen molar-refractivity contribution in [3.05, 3.63) is 87.0 Å². The first kappa shape index (κ1) is 24.7. The van der Waals surface area contributed by atoms with Crippen LogP contribution in [0.5, 0.6) is 0 Å². The van der Waals surface area contributed by atoms with Gasteiger partial charge < -0.3 is 19.9 Å². The summed E-state index contributed by atoms with van der Waals surface area (Å²) in [5.74, 6) is -1.48. The average Bonchev–Trinajstić information content (AvgIpc) is 3.15. The van der Waals surface area contributed by atoms with E-state index in [1.807, 2.05) is 24.3 Å². The number of carbonyl (C=O) groups excluding carboxylic acids is 2. The van der Waals surface area contributed by atoms with Gasteiger partial charge in [0.2, 0.25) is 0 Å². The number of carbonyl (C=O) groups is 3. The highest BCUT2D eigenvalue weighted by Crippen LogP contribution is 2.44. The smallest absolute Gasteiger partial charge is 0.411 e. The highest BCUT2D eigenvalue weighted by molar-refractivity contribution is 14.1. The Hall–Kier alpha value is -3.44. The maximum atomic E-state index is 12.6. The number of hydrogen-bond acceptors (Lipinski definition) is 5. The number of aliphatic carboxylic acids is 1. The van der Waals surface area contributed by atoms with Gasteiger partial charge in [-0.25, -0.2) is 9.59 Å². The van der Waals surface area contributed by atoms with E-state index in [9.17, 15) is 14.4 Å². The lowest BCUT2D eigenvalue weighted by atomic mass is 9.98. The summed E-state index contributed by atoms with van der Waals surface area (Å²) < 4.78 is 11.2. The monoisotopic (exact) mass is 586 g/mol. The molecule has 0 saturated carbocycles. The number of carboxylic acid groups (broad SMARTS) is 1. The molecule has 1 aliphatic carbocycles. The van der Waals surface area contributed by atoms with Crippen LogP contribution in [0.15, 0.2) is 66.7 Å². The van der Waals surface area contributed by atoms with E-state index < -0.39 is 18.7 Å². The predicted molar refractivity (Wildman–Crippen MR) is 139 cm³/mol. The van der Waals surface area contributed by atoms with Crippen LogP contribution < -0.4 is 10.6 Å². The SMILES string of the molecule is O=C(O)COCCNC(=O)c1cc(I)cc(NC(=O)OCC2c3ccccc3-c3ccccc32)c1. The van der Waals surface area contributed by atoms with Gasteiger partial charge in [-0.2, -0.15) is 0 Å². The highest BCUT2D eigenvalue weighted by Gasteiger charge is 2.29. The fourth-order valence-electron chi connectivity index (χ4n) is 4.04. The van der Waals surface area contributed by atoms with Crippen molar-refractivity contribution in [2.45, 2.75) is 5.92 Å². The van der Waals surface area contributed by atoms with Gasteiger partial charge in [0.1, 0.15) is 13.2 Å². The molecule has 2 amide bonds. The van der Waals surface area contributed by atoms with Crippen molar-refractivity contribution in [2.24, 2.45) is 0 Å². The van der Waals surface area contributed by atoms with Gasteiger partial charge in [-0.3, -0.25) is 10.1 Å². The number of rotatable bonds is 9. The molecule has 0 bridgehead atoms. The molecule has 0 saturated heterocycles. The van der Waals surface area contributed by atoms with Crippen LogP contribution in [0, 0.1) is 3.57 Å². The molecule has 9 heteroatoms. The van der Waals surface area contributed by atoms with Crippen LogP contribution >= 0.6 is 22.6 Å². The Kier molecular flexibility index (Phi) is 7.98. The molecule has 3 aromatic rings. The number of fused-ring (bicyclic) bond motifs is 3. The molecule has 0 fully saturated rings. The predicted octanol–water partition coefficient (Wildman–Crippen LogP) is 4.48. The molecule has 8 nitrogen and oxygen atoms in total. The zero-order valence-electron chi connectivity index (χ0n) is 18.6. The molecule has 4 rings (SSSR count). The molecule has 3 N–H and O–H groups in total. The number of anilines is 1. The van der Waals surface area contributed by atoms with E-state index in [1.165, 1.54) is 0 Å². The summed E-state index contributed by atoms with van der Waals surface area (Å²) >= 11 is 2.06. The zero-order valence-corrected chi connectivity index (χ0v) is 20.8. The van der Waals surface area contributed by atoms with Crippen LogP contribution in [0.2, 0.25) is 0 Å². The van der Waals surface area contributed by atoms with E-state index in [2.05, 4.69) is 57.5 Å². The number of amides is 2. The lowest BCUT2D eigenvalue weighted by molar-refractivity contribution is -0.142. The Morgan fingerprint density at radius 2 is 1.60 bits per heavy atom. The molecule has 0 spiro atoms. The first-order valence-electron chi connectivity index (χ1n) is 10.9. The quantitative estimate of drug-likeness (QED) is 0.252. The molecule has 0 radical (unpaired) electrons. The minimum atomic E-state index is -1.07. The number of nitrogens with one attached hydrogen (secondary N) is 2. The van der Waals surface area contributed by atoms with E-state index in [0.29, 0.717) is 11.3 Å². The first-order chi connectivity index (χ1) is 16.9. The van der Waals surface area contributed by atoms with Crippen LogP contribution in [-0.4, -0.2) is 49.4 Å². The number of benzene rings is 3. The lowest BCUT2D eigenvalue weighted by Gasteiger charge is -2.15. The summed E-state index contributed by atoms with van der Waals surface area (Å²) in [5, 5.41) is 13.9. The van der Waals surface area contributed by atoms with Crippen molar-refractivity contribution in [3.8, 4) is 11.1 Å². The van der Waals surface area contributed by atoms with Gasteiger partial charge in [-0.15, -0.1) is 0 Å². The first-order valence-corrected chi connectivity index (χ1v) is 12.0. The fourth-order valence-corrected chi connectivity index (χ4v) is 4.71. The van der Waals surface area contributed by atoms with Gasteiger partial charge >= 0.3 is 12.1 Å². The van der Waals surface area contributed by atoms with Crippen LogP contribution in [-0.2, 0) is 14.3 Å². The van der Waals surface area contributed by atoms with Gasteiger partial charge in [-0.05, 0) is 63.0 Å². The summed E-state index contributed by atoms with van der Waals surface area (Å²) in [6.45, 7) is 0.000331. The summed E-state index contributed by atoms with van der Waals surface area (Å²) in [5.41, 5.74) is 5.34. The second-order valence-corrected chi connectivity index (χ2v) is 9.13. The van der Waals surface area contributed by atoms with Crippen LogP contribution in [0.4, 0.5) is 10.5 Å². The second kappa shape index (κ2) is 11.3. The van der Waals surface area contributed by atoms with Crippen molar-refractivity contribution >= 4 is 46.2 Å². The Bertz CT molecular complexity index is 1220. The summed E-state index contributed by atoms with van der Waals surface area (Å²) in [4.78, 5) is 35.5. The number of halogens is 1. The Labute approximate surface area is 215 Å². The Balaban J connectivity index is 1.35. The number of ether oxygens (including phenoxy) is 2. The Morgan fingerprint density at radius 1 is 0.943 bits per heavy atom. The van der Waals surface area contributed by atoms with Crippen molar-refractivity contribution in [2.75, 3.05) is 31.7 Å². The summed E-state index contributed by atoms with van der Waals surface area (Å²) in [6, 6.07) is 21.2. The molecule has 0 aliphatic heterocycles.